The molecule has 3 saturated heterocycles. The van der Waals surface area contributed by atoms with Crippen molar-refractivity contribution in [1.82, 2.24) is 4.90 Å². The number of unbranched alkanes of at least 4 members (excludes halogenated alkanes) is 1. The number of hydrogen-bond acceptors (Lipinski definition) is 5. The highest BCUT2D eigenvalue weighted by Gasteiger charge is 2.37. The molecule has 3 aliphatic heterocycles. The van der Waals surface area contributed by atoms with Crippen LogP contribution >= 0.6 is 0 Å². The molecule has 0 saturated carbocycles. The highest BCUT2D eigenvalue weighted by atomic mass is 16.7. The van der Waals surface area contributed by atoms with Gasteiger partial charge in [0.05, 0.1) is 24.9 Å². The quantitative estimate of drug-likeness (QED) is 0.641. The Balaban J connectivity index is 1.79. The Bertz CT molecular complexity index is 302. The summed E-state index contributed by atoms with van der Waals surface area (Å²) < 4.78 is 23.6. The first-order valence-electron chi connectivity index (χ1n) is 9.37. The van der Waals surface area contributed by atoms with Crippen LogP contribution in [0.1, 0.15) is 53.4 Å². The number of hydrogen-bond donors (Lipinski definition) is 0. The summed E-state index contributed by atoms with van der Waals surface area (Å²) in [6.45, 7) is 12.8. The smallest absolute Gasteiger partial charge is 0.382 e. The van der Waals surface area contributed by atoms with Gasteiger partial charge in [0.1, 0.15) is 0 Å². The van der Waals surface area contributed by atoms with Crippen LogP contribution in [0.5, 0.6) is 0 Å². The largest absolute Gasteiger partial charge is 0.640 e. The van der Waals surface area contributed by atoms with E-state index in [1.54, 1.807) is 0 Å². The standard InChI is InChI=1S/C17H34BNO4/c1-5-7-8-16(6-2)12-20-13-17-11-19-9-14(3)21-18(23-17)22-15(4)10-19/h14-17H,5-13H2,1-4H3. The van der Waals surface area contributed by atoms with Gasteiger partial charge in [-0.1, -0.05) is 33.1 Å². The van der Waals surface area contributed by atoms with E-state index in [1.807, 2.05) is 0 Å². The lowest BCUT2D eigenvalue weighted by atomic mass is 10.0. The van der Waals surface area contributed by atoms with Crippen molar-refractivity contribution in [3.05, 3.63) is 0 Å². The van der Waals surface area contributed by atoms with Crippen molar-refractivity contribution >= 4 is 7.32 Å². The van der Waals surface area contributed by atoms with E-state index in [2.05, 4.69) is 32.6 Å². The first-order valence-corrected chi connectivity index (χ1v) is 9.37. The second kappa shape index (κ2) is 9.99. The molecular weight excluding hydrogens is 293 g/mol. The van der Waals surface area contributed by atoms with E-state index in [9.17, 15) is 0 Å². The Morgan fingerprint density at radius 3 is 2.39 bits per heavy atom. The topological polar surface area (TPSA) is 40.2 Å². The van der Waals surface area contributed by atoms with E-state index in [-0.39, 0.29) is 18.3 Å². The van der Waals surface area contributed by atoms with Gasteiger partial charge in [0.2, 0.25) is 0 Å². The lowest BCUT2D eigenvalue weighted by Gasteiger charge is -2.39. The van der Waals surface area contributed by atoms with Crippen molar-refractivity contribution in [2.24, 2.45) is 5.92 Å². The normalized spacial score (nSPS) is 33.1. The van der Waals surface area contributed by atoms with Crippen molar-refractivity contribution < 1.29 is 18.7 Å². The lowest BCUT2D eigenvalue weighted by molar-refractivity contribution is -0.0833. The van der Waals surface area contributed by atoms with Gasteiger partial charge in [-0.25, -0.2) is 0 Å². The maximum atomic E-state index is 5.99. The molecule has 0 N–H and O–H groups in total. The van der Waals surface area contributed by atoms with Crippen LogP contribution in [0.4, 0.5) is 0 Å². The molecule has 4 atom stereocenters. The Morgan fingerprint density at radius 2 is 1.78 bits per heavy atom. The van der Waals surface area contributed by atoms with E-state index in [1.165, 1.54) is 25.7 Å². The van der Waals surface area contributed by atoms with E-state index in [0.717, 1.165) is 26.2 Å². The maximum Gasteiger partial charge on any atom is 0.640 e. The van der Waals surface area contributed by atoms with Crippen molar-refractivity contribution in [1.29, 1.82) is 0 Å². The van der Waals surface area contributed by atoms with Crippen LogP contribution in [0, 0.1) is 5.92 Å². The highest BCUT2D eigenvalue weighted by Crippen LogP contribution is 2.18. The van der Waals surface area contributed by atoms with Crippen molar-refractivity contribution in [3.63, 3.8) is 0 Å². The minimum atomic E-state index is -0.557. The van der Waals surface area contributed by atoms with Gasteiger partial charge in [0.25, 0.3) is 0 Å². The van der Waals surface area contributed by atoms with Crippen LogP contribution < -0.4 is 0 Å². The number of rotatable bonds is 8. The van der Waals surface area contributed by atoms with Gasteiger partial charge < -0.3 is 18.7 Å². The van der Waals surface area contributed by atoms with Crippen LogP contribution in [0.25, 0.3) is 0 Å². The minimum absolute atomic E-state index is 0.0173. The van der Waals surface area contributed by atoms with Gasteiger partial charge in [0.15, 0.2) is 0 Å². The fraction of sp³-hybridized carbons (Fsp3) is 1.00. The van der Waals surface area contributed by atoms with Crippen LogP contribution in [0.15, 0.2) is 0 Å². The van der Waals surface area contributed by atoms with Crippen molar-refractivity contribution in [3.8, 4) is 0 Å². The molecule has 0 aromatic carbocycles. The fourth-order valence-corrected chi connectivity index (χ4v) is 3.36. The summed E-state index contributed by atoms with van der Waals surface area (Å²) in [7, 11) is -0.557. The average molecular weight is 327 g/mol. The van der Waals surface area contributed by atoms with Crippen LogP contribution in [-0.4, -0.2) is 63.4 Å². The molecule has 4 unspecified atom stereocenters. The molecule has 6 heteroatoms. The summed E-state index contributed by atoms with van der Waals surface area (Å²) in [4.78, 5) is 2.37. The van der Waals surface area contributed by atoms with Gasteiger partial charge in [-0.3, -0.25) is 4.90 Å². The van der Waals surface area contributed by atoms with E-state index in [4.69, 9.17) is 18.7 Å². The SMILES string of the molecule is CCCCC(CC)COCC1CN2CC(C)OB(OC(C)C2)O1. The van der Waals surface area contributed by atoms with Crippen molar-refractivity contribution in [2.45, 2.75) is 71.7 Å². The van der Waals surface area contributed by atoms with Gasteiger partial charge in [-0.15, -0.1) is 0 Å². The molecule has 3 fully saturated rings. The molecule has 0 aliphatic carbocycles. The number of ether oxygens (including phenoxy) is 1. The Morgan fingerprint density at radius 1 is 1.09 bits per heavy atom. The van der Waals surface area contributed by atoms with E-state index >= 15 is 0 Å². The second-order valence-corrected chi connectivity index (χ2v) is 7.11. The van der Waals surface area contributed by atoms with Gasteiger partial charge in [0, 0.05) is 26.2 Å². The molecule has 0 spiro atoms. The third kappa shape index (κ3) is 6.71. The molecule has 0 aromatic rings. The molecule has 2 bridgehead atoms. The van der Waals surface area contributed by atoms with Gasteiger partial charge >= 0.3 is 7.32 Å². The summed E-state index contributed by atoms with van der Waals surface area (Å²) in [5.74, 6) is 0.663. The molecule has 3 rings (SSSR count). The zero-order chi connectivity index (χ0) is 16.7. The summed E-state index contributed by atoms with van der Waals surface area (Å²) in [6.07, 6.45) is 5.26. The monoisotopic (exact) mass is 327 g/mol. The van der Waals surface area contributed by atoms with Gasteiger partial charge in [-0.2, -0.15) is 0 Å². The molecular formula is C17H34BNO4. The van der Waals surface area contributed by atoms with E-state index in [0.29, 0.717) is 12.5 Å². The average Bonchev–Trinajstić information content (AvgIpc) is 2.46. The summed E-state index contributed by atoms with van der Waals surface area (Å²) >= 11 is 0. The third-order valence-electron chi connectivity index (χ3n) is 4.68. The predicted octanol–water partition coefficient (Wildman–Crippen LogP) is 2.73. The van der Waals surface area contributed by atoms with Crippen LogP contribution in [-0.2, 0) is 18.7 Å². The predicted molar refractivity (Wildman–Crippen MR) is 92.3 cm³/mol. The van der Waals surface area contributed by atoms with E-state index < -0.39 is 7.32 Å². The van der Waals surface area contributed by atoms with Crippen molar-refractivity contribution in [2.75, 3.05) is 32.8 Å². The Labute approximate surface area is 142 Å². The molecule has 134 valence electrons. The molecule has 23 heavy (non-hydrogen) atoms. The summed E-state index contributed by atoms with van der Waals surface area (Å²) in [5, 5.41) is 0. The first-order chi connectivity index (χ1) is 11.1. The molecule has 0 radical (unpaired) electrons. The number of fused-ring (bicyclic) bond motifs is 6. The molecule has 5 nitrogen and oxygen atoms in total. The molecule has 0 aromatic heterocycles. The minimum Gasteiger partial charge on any atom is -0.382 e. The Kier molecular flexibility index (Phi) is 8.34. The number of nitrogens with zero attached hydrogens (tertiary/aromatic N) is 1. The molecule has 0 amide bonds. The third-order valence-corrected chi connectivity index (χ3v) is 4.68. The summed E-state index contributed by atoms with van der Waals surface area (Å²) in [5.41, 5.74) is 0. The zero-order valence-electron chi connectivity index (χ0n) is 15.3. The lowest BCUT2D eigenvalue weighted by Crippen LogP contribution is -2.55. The zero-order valence-corrected chi connectivity index (χ0v) is 15.3. The Hall–Kier alpha value is -0.135. The first kappa shape index (κ1) is 19.2. The maximum absolute atomic E-state index is 5.99. The van der Waals surface area contributed by atoms with Crippen LogP contribution in [0.2, 0.25) is 0 Å². The van der Waals surface area contributed by atoms with Gasteiger partial charge in [-0.05, 0) is 26.2 Å². The summed E-state index contributed by atoms with van der Waals surface area (Å²) in [6, 6.07) is 0. The molecule has 3 heterocycles. The highest BCUT2D eigenvalue weighted by molar-refractivity contribution is 6.36. The van der Waals surface area contributed by atoms with Crippen LogP contribution in [0.3, 0.4) is 0 Å². The second-order valence-electron chi connectivity index (χ2n) is 7.11. The molecule has 3 aliphatic rings. The fourth-order valence-electron chi connectivity index (χ4n) is 3.36.